The molecule has 1 rings (SSSR count). The monoisotopic (exact) mass is 151 g/mol. The summed E-state index contributed by atoms with van der Waals surface area (Å²) in [5.41, 5.74) is 0.0486. The lowest BCUT2D eigenvalue weighted by molar-refractivity contribution is 0.181. The van der Waals surface area contributed by atoms with Crippen LogP contribution in [0.3, 0.4) is 0 Å². The highest BCUT2D eigenvalue weighted by Crippen LogP contribution is 2.23. The third-order valence-electron chi connectivity index (χ3n) is 1.00. The Kier molecular flexibility index (Phi) is 1.95. The van der Waals surface area contributed by atoms with Gasteiger partial charge in [0.05, 0.1) is 11.1 Å². The topological polar surface area (TPSA) is 12.0 Å². The Balaban J connectivity index is 2.45. The van der Waals surface area contributed by atoms with E-state index in [2.05, 4.69) is 5.32 Å². The largest absolute Gasteiger partial charge is 0.372 e. The molecule has 0 radical (unpaired) electrons. The van der Waals surface area contributed by atoms with Gasteiger partial charge in [0.2, 0.25) is 0 Å². The van der Waals surface area contributed by atoms with Crippen molar-refractivity contribution in [2.75, 3.05) is 0 Å². The molecule has 9 heavy (non-hydrogen) atoms. The van der Waals surface area contributed by atoms with Crippen LogP contribution in [-0.4, -0.2) is 11.8 Å². The summed E-state index contributed by atoms with van der Waals surface area (Å²) in [7, 11) is 0. The van der Waals surface area contributed by atoms with Crippen LogP contribution in [0, 0.1) is 0 Å². The van der Waals surface area contributed by atoms with Gasteiger partial charge in [-0.3, -0.25) is 0 Å². The molecule has 0 fully saturated rings. The molecule has 0 aliphatic carbocycles. The Morgan fingerprint density at radius 1 is 1.78 bits per heavy atom. The van der Waals surface area contributed by atoms with Gasteiger partial charge in [-0.1, -0.05) is 0 Å². The molecule has 0 amide bonds. The highest BCUT2D eigenvalue weighted by atomic mass is 32.2. The van der Waals surface area contributed by atoms with Gasteiger partial charge < -0.3 is 5.32 Å². The lowest BCUT2D eigenvalue weighted by Crippen LogP contribution is -2.20. The lowest BCUT2D eigenvalue weighted by atomic mass is 10.5. The molecule has 1 aliphatic rings. The van der Waals surface area contributed by atoms with Crippen molar-refractivity contribution in [3.63, 3.8) is 0 Å². The minimum absolute atomic E-state index is 0.0486. The number of rotatable bonds is 1. The number of alkyl halides is 2. The number of halogens is 2. The average molecular weight is 151 g/mol. The summed E-state index contributed by atoms with van der Waals surface area (Å²) in [6.45, 7) is 1.84. The second-order valence-electron chi connectivity index (χ2n) is 1.80. The van der Waals surface area contributed by atoms with E-state index in [1.807, 2.05) is 6.92 Å². The van der Waals surface area contributed by atoms with Crippen LogP contribution in [0.25, 0.3) is 0 Å². The van der Waals surface area contributed by atoms with E-state index in [1.165, 1.54) is 17.2 Å². The normalized spacial score (nSPS) is 26.2. The Hall–Kier alpha value is -0.250. The van der Waals surface area contributed by atoms with E-state index < -0.39 is 6.43 Å². The van der Waals surface area contributed by atoms with Crippen LogP contribution >= 0.6 is 11.8 Å². The summed E-state index contributed by atoms with van der Waals surface area (Å²) in [4.78, 5) is 0. The van der Waals surface area contributed by atoms with E-state index in [1.54, 1.807) is 0 Å². The van der Waals surface area contributed by atoms with Gasteiger partial charge in [0.25, 0.3) is 6.43 Å². The summed E-state index contributed by atoms with van der Waals surface area (Å²) in [5, 5.41) is 4.20. The highest BCUT2D eigenvalue weighted by molar-refractivity contribution is 8.02. The second-order valence-corrected chi connectivity index (χ2v) is 3.01. The van der Waals surface area contributed by atoms with Crippen LogP contribution < -0.4 is 5.32 Å². The van der Waals surface area contributed by atoms with Gasteiger partial charge in [-0.15, -0.1) is 11.8 Å². The van der Waals surface area contributed by atoms with Crippen molar-refractivity contribution < 1.29 is 8.78 Å². The molecule has 52 valence electrons. The maximum absolute atomic E-state index is 11.8. The molecule has 0 aromatic rings. The van der Waals surface area contributed by atoms with Crippen LogP contribution in [0.15, 0.2) is 11.1 Å². The second kappa shape index (κ2) is 2.56. The number of allylic oxidation sites excluding steroid dienone is 1. The van der Waals surface area contributed by atoms with Gasteiger partial charge in [-0.05, 0) is 12.3 Å². The first kappa shape index (κ1) is 6.86. The van der Waals surface area contributed by atoms with Gasteiger partial charge in [-0.25, -0.2) is 8.78 Å². The maximum Gasteiger partial charge on any atom is 0.278 e. The number of hydrogen-bond donors (Lipinski definition) is 1. The predicted octanol–water partition coefficient (Wildman–Crippen LogP) is 1.78. The molecule has 0 spiro atoms. The van der Waals surface area contributed by atoms with Crippen LogP contribution in [0.4, 0.5) is 8.78 Å². The van der Waals surface area contributed by atoms with Crippen molar-refractivity contribution in [2.45, 2.75) is 18.7 Å². The van der Waals surface area contributed by atoms with E-state index in [-0.39, 0.29) is 11.1 Å². The van der Waals surface area contributed by atoms with Gasteiger partial charge in [0.1, 0.15) is 0 Å². The van der Waals surface area contributed by atoms with Crippen molar-refractivity contribution in [3.8, 4) is 0 Å². The van der Waals surface area contributed by atoms with Crippen LogP contribution in [0.2, 0.25) is 0 Å². The molecule has 0 bridgehead atoms. The fourth-order valence-corrected chi connectivity index (χ4v) is 1.32. The van der Waals surface area contributed by atoms with E-state index >= 15 is 0 Å². The number of thioether (sulfide) groups is 1. The van der Waals surface area contributed by atoms with Crippen molar-refractivity contribution in [2.24, 2.45) is 0 Å². The summed E-state index contributed by atoms with van der Waals surface area (Å²) in [6, 6.07) is 0. The summed E-state index contributed by atoms with van der Waals surface area (Å²) in [6.07, 6.45) is -2.34. The minimum Gasteiger partial charge on any atom is -0.372 e. The predicted molar refractivity (Wildman–Crippen MR) is 34.3 cm³/mol. The van der Waals surface area contributed by atoms with Crippen LogP contribution in [0.1, 0.15) is 6.92 Å². The van der Waals surface area contributed by atoms with Gasteiger partial charge in [0, 0.05) is 0 Å². The fourth-order valence-electron chi connectivity index (χ4n) is 0.593. The van der Waals surface area contributed by atoms with Crippen molar-refractivity contribution >= 4 is 11.8 Å². The summed E-state index contributed by atoms with van der Waals surface area (Å²) >= 11 is 1.38. The van der Waals surface area contributed by atoms with E-state index in [4.69, 9.17) is 0 Å². The fraction of sp³-hybridized carbons (Fsp3) is 0.600. The summed E-state index contributed by atoms with van der Waals surface area (Å²) < 4.78 is 23.5. The molecular formula is C5H7F2NS. The first-order valence-electron chi connectivity index (χ1n) is 2.60. The Bertz CT molecular complexity index is 135. The molecule has 0 aromatic heterocycles. The SMILES string of the molecule is CC1NC(C(F)F)=CS1. The molecular weight excluding hydrogens is 144 g/mol. The summed E-state index contributed by atoms with van der Waals surface area (Å²) in [5.74, 6) is 0. The third-order valence-corrected chi connectivity index (χ3v) is 1.92. The Morgan fingerprint density at radius 3 is 2.67 bits per heavy atom. The lowest BCUT2D eigenvalue weighted by Gasteiger charge is -2.04. The smallest absolute Gasteiger partial charge is 0.278 e. The average Bonchev–Trinajstić information content (AvgIpc) is 2.14. The Labute approximate surface area is 56.5 Å². The number of hydrogen-bond acceptors (Lipinski definition) is 2. The van der Waals surface area contributed by atoms with Crippen LogP contribution in [0.5, 0.6) is 0 Å². The molecule has 4 heteroatoms. The Morgan fingerprint density at radius 2 is 2.44 bits per heavy atom. The molecule has 1 unspecified atom stereocenters. The highest BCUT2D eigenvalue weighted by Gasteiger charge is 2.18. The van der Waals surface area contributed by atoms with E-state index in [9.17, 15) is 8.78 Å². The standard InChI is InChI=1S/C5H7F2NS/c1-3-8-4(2-9-3)5(6)7/h2-3,5,8H,1H3. The molecule has 1 aliphatic heterocycles. The molecule has 1 atom stereocenters. The zero-order valence-electron chi connectivity index (χ0n) is 4.90. The minimum atomic E-state index is -2.34. The first-order chi connectivity index (χ1) is 4.20. The van der Waals surface area contributed by atoms with Crippen LogP contribution in [-0.2, 0) is 0 Å². The molecule has 0 aromatic carbocycles. The quantitative estimate of drug-likeness (QED) is 0.613. The first-order valence-corrected chi connectivity index (χ1v) is 3.54. The van der Waals surface area contributed by atoms with Crippen molar-refractivity contribution in [3.05, 3.63) is 11.1 Å². The maximum atomic E-state index is 11.8. The van der Waals surface area contributed by atoms with Gasteiger partial charge in [-0.2, -0.15) is 0 Å². The zero-order chi connectivity index (χ0) is 6.85. The van der Waals surface area contributed by atoms with Gasteiger partial charge in [0.15, 0.2) is 0 Å². The van der Waals surface area contributed by atoms with Gasteiger partial charge >= 0.3 is 0 Å². The molecule has 1 N–H and O–H groups in total. The van der Waals surface area contributed by atoms with Crippen molar-refractivity contribution in [1.82, 2.24) is 5.32 Å². The van der Waals surface area contributed by atoms with E-state index in [0.717, 1.165) is 0 Å². The number of nitrogens with one attached hydrogen (secondary N) is 1. The third kappa shape index (κ3) is 1.58. The van der Waals surface area contributed by atoms with Crippen molar-refractivity contribution in [1.29, 1.82) is 0 Å². The molecule has 0 saturated carbocycles. The molecule has 1 heterocycles. The van der Waals surface area contributed by atoms with E-state index in [0.29, 0.717) is 0 Å². The molecule has 0 saturated heterocycles. The zero-order valence-corrected chi connectivity index (χ0v) is 5.71. The molecule has 1 nitrogen and oxygen atoms in total.